The first kappa shape index (κ1) is 16.3. The van der Waals surface area contributed by atoms with Gasteiger partial charge in [-0.15, -0.1) is 17.0 Å². The molecule has 6 nitrogen and oxygen atoms in total. The number of imide groups is 1. The van der Waals surface area contributed by atoms with E-state index in [9.17, 15) is 14.4 Å². The molecule has 20 heavy (non-hydrogen) atoms. The van der Waals surface area contributed by atoms with Gasteiger partial charge in [-0.2, -0.15) is 0 Å². The zero-order valence-corrected chi connectivity index (χ0v) is 12.3. The number of halogens is 1. The van der Waals surface area contributed by atoms with E-state index < -0.39 is 12.0 Å². The molecule has 0 bridgehead atoms. The molecule has 1 saturated heterocycles. The lowest BCUT2D eigenvalue weighted by atomic mass is 10.0. The molecule has 7 heteroatoms. The summed E-state index contributed by atoms with van der Waals surface area (Å²) in [5.74, 6) is -1.63. The van der Waals surface area contributed by atoms with Crippen LogP contribution in [0, 0.1) is 0 Å². The Morgan fingerprint density at radius 3 is 2.70 bits per heavy atom. The van der Waals surface area contributed by atoms with Crippen LogP contribution in [0.3, 0.4) is 0 Å². The van der Waals surface area contributed by atoms with Gasteiger partial charge >= 0.3 is 5.97 Å². The van der Waals surface area contributed by atoms with Crippen molar-refractivity contribution in [3.05, 3.63) is 35.4 Å². The number of hydrogen-bond donors (Lipinski definition) is 3. The summed E-state index contributed by atoms with van der Waals surface area (Å²) in [6.45, 7) is 0.273. The number of carboxylic acid groups (broad SMARTS) is 1. The molecular formula is C13H15BrN2O4. The zero-order chi connectivity index (χ0) is 13.8. The van der Waals surface area contributed by atoms with Gasteiger partial charge < -0.3 is 10.4 Å². The van der Waals surface area contributed by atoms with Crippen LogP contribution < -0.4 is 10.6 Å². The van der Waals surface area contributed by atoms with Crippen LogP contribution in [0.15, 0.2) is 24.3 Å². The summed E-state index contributed by atoms with van der Waals surface area (Å²) >= 11 is 0. The Kier molecular flexibility index (Phi) is 5.84. The third-order valence-electron chi connectivity index (χ3n) is 3.03. The van der Waals surface area contributed by atoms with Gasteiger partial charge in [0.15, 0.2) is 0 Å². The van der Waals surface area contributed by atoms with Crippen LogP contribution in [0.5, 0.6) is 0 Å². The lowest BCUT2D eigenvalue weighted by Crippen LogP contribution is -2.50. The average molecular weight is 343 g/mol. The minimum absolute atomic E-state index is 0. The lowest BCUT2D eigenvalue weighted by molar-refractivity contribution is -0.134. The van der Waals surface area contributed by atoms with Crippen LogP contribution in [-0.4, -0.2) is 28.9 Å². The maximum Gasteiger partial charge on any atom is 0.336 e. The molecule has 0 saturated carbocycles. The maximum atomic E-state index is 11.5. The molecule has 0 aromatic heterocycles. The third-order valence-corrected chi connectivity index (χ3v) is 3.03. The van der Waals surface area contributed by atoms with E-state index in [1.165, 1.54) is 6.07 Å². The summed E-state index contributed by atoms with van der Waals surface area (Å²) in [7, 11) is 0. The molecule has 0 spiro atoms. The normalized spacial score (nSPS) is 18.1. The van der Waals surface area contributed by atoms with Crippen LogP contribution in [0.4, 0.5) is 0 Å². The van der Waals surface area contributed by atoms with Crippen molar-refractivity contribution < 1.29 is 19.5 Å². The molecule has 2 amide bonds. The van der Waals surface area contributed by atoms with Gasteiger partial charge in [0.1, 0.15) is 0 Å². The molecule has 1 aliphatic rings. The molecule has 1 aromatic rings. The first-order valence-corrected chi connectivity index (χ1v) is 5.96. The molecule has 0 radical (unpaired) electrons. The van der Waals surface area contributed by atoms with Gasteiger partial charge in [-0.05, 0) is 18.1 Å². The van der Waals surface area contributed by atoms with Gasteiger partial charge in [0.2, 0.25) is 11.8 Å². The maximum absolute atomic E-state index is 11.5. The van der Waals surface area contributed by atoms with E-state index in [1.807, 2.05) is 0 Å². The highest BCUT2D eigenvalue weighted by Crippen LogP contribution is 2.10. The molecule has 1 heterocycles. The molecule has 1 atom stereocenters. The second kappa shape index (κ2) is 7.16. The molecule has 0 unspecified atom stereocenters. The Hall–Kier alpha value is -1.73. The van der Waals surface area contributed by atoms with Crippen LogP contribution in [0.25, 0.3) is 0 Å². The van der Waals surface area contributed by atoms with Crippen molar-refractivity contribution in [2.45, 2.75) is 25.4 Å². The number of carbonyl (C=O) groups excluding carboxylic acids is 2. The van der Waals surface area contributed by atoms with Crippen LogP contribution in [-0.2, 0) is 16.1 Å². The fourth-order valence-electron chi connectivity index (χ4n) is 2.00. The second-order valence-corrected chi connectivity index (χ2v) is 4.35. The largest absolute Gasteiger partial charge is 0.478 e. The predicted molar refractivity (Wildman–Crippen MR) is 76.7 cm³/mol. The number of nitrogens with one attached hydrogen (secondary N) is 2. The predicted octanol–water partition coefficient (Wildman–Crippen LogP) is 0.857. The molecule has 1 aromatic carbocycles. The van der Waals surface area contributed by atoms with E-state index >= 15 is 0 Å². The topological polar surface area (TPSA) is 95.5 Å². The second-order valence-electron chi connectivity index (χ2n) is 4.35. The third kappa shape index (κ3) is 3.88. The van der Waals surface area contributed by atoms with Gasteiger partial charge in [0.05, 0.1) is 11.6 Å². The molecule has 2 rings (SSSR count). The molecule has 1 fully saturated rings. The highest BCUT2D eigenvalue weighted by atomic mass is 79.9. The van der Waals surface area contributed by atoms with E-state index in [4.69, 9.17) is 5.11 Å². The summed E-state index contributed by atoms with van der Waals surface area (Å²) in [6, 6.07) is 6.15. The number of amides is 2. The van der Waals surface area contributed by atoms with E-state index in [0.717, 1.165) is 0 Å². The Morgan fingerprint density at radius 2 is 2.05 bits per heavy atom. The van der Waals surface area contributed by atoms with Crippen LogP contribution >= 0.6 is 17.0 Å². The first-order valence-electron chi connectivity index (χ1n) is 5.96. The lowest BCUT2D eigenvalue weighted by Gasteiger charge is -2.22. The summed E-state index contributed by atoms with van der Waals surface area (Å²) in [5.41, 5.74) is 0.821. The summed E-state index contributed by atoms with van der Waals surface area (Å²) < 4.78 is 0. The minimum atomic E-state index is -0.999. The fourth-order valence-corrected chi connectivity index (χ4v) is 2.00. The van der Waals surface area contributed by atoms with Crippen molar-refractivity contribution in [1.29, 1.82) is 0 Å². The van der Waals surface area contributed by atoms with Crippen molar-refractivity contribution in [3.8, 4) is 0 Å². The number of aromatic carboxylic acids is 1. The number of hydrogen-bond acceptors (Lipinski definition) is 4. The highest BCUT2D eigenvalue weighted by molar-refractivity contribution is 8.93. The number of benzene rings is 1. The monoisotopic (exact) mass is 342 g/mol. The average Bonchev–Trinajstić information content (AvgIpc) is 2.38. The zero-order valence-electron chi connectivity index (χ0n) is 10.6. The number of piperidine rings is 1. The van der Waals surface area contributed by atoms with E-state index in [1.54, 1.807) is 18.2 Å². The quantitative estimate of drug-likeness (QED) is 0.705. The highest BCUT2D eigenvalue weighted by Gasteiger charge is 2.26. The Bertz CT molecular complexity index is 533. The number of carbonyl (C=O) groups is 3. The molecule has 108 valence electrons. The van der Waals surface area contributed by atoms with Crippen molar-refractivity contribution in [1.82, 2.24) is 10.6 Å². The van der Waals surface area contributed by atoms with Crippen LogP contribution in [0.2, 0.25) is 0 Å². The summed E-state index contributed by atoms with van der Waals surface area (Å²) in [5, 5.41) is 14.3. The number of carboxylic acids is 1. The molecular weight excluding hydrogens is 328 g/mol. The van der Waals surface area contributed by atoms with Gasteiger partial charge in [0.25, 0.3) is 0 Å². The Morgan fingerprint density at radius 1 is 1.35 bits per heavy atom. The molecule has 1 aliphatic heterocycles. The van der Waals surface area contributed by atoms with Crippen molar-refractivity contribution in [3.63, 3.8) is 0 Å². The molecule has 0 aliphatic carbocycles. The minimum Gasteiger partial charge on any atom is -0.478 e. The van der Waals surface area contributed by atoms with Gasteiger partial charge in [-0.3, -0.25) is 14.9 Å². The van der Waals surface area contributed by atoms with E-state index in [2.05, 4.69) is 10.6 Å². The van der Waals surface area contributed by atoms with Crippen LogP contribution in [0.1, 0.15) is 28.8 Å². The fraction of sp³-hybridized carbons (Fsp3) is 0.308. The Balaban J connectivity index is 0.00000200. The van der Waals surface area contributed by atoms with Crippen molar-refractivity contribution in [2.75, 3.05) is 0 Å². The smallest absolute Gasteiger partial charge is 0.336 e. The van der Waals surface area contributed by atoms with E-state index in [0.29, 0.717) is 18.4 Å². The number of rotatable bonds is 4. The van der Waals surface area contributed by atoms with Gasteiger partial charge in [-0.1, -0.05) is 18.2 Å². The first-order chi connectivity index (χ1) is 9.08. The molecule has 3 N–H and O–H groups in total. The SMILES string of the molecule is Br.O=C1CC[C@H](NCc2ccccc2C(=O)O)C(=O)N1. The summed E-state index contributed by atoms with van der Waals surface area (Å²) in [6.07, 6.45) is 0.726. The van der Waals surface area contributed by atoms with E-state index in [-0.39, 0.29) is 40.9 Å². The Labute approximate surface area is 126 Å². The standard InChI is InChI=1S/C13H14N2O4.BrH/c16-11-6-5-10(12(17)15-11)14-7-8-3-1-2-4-9(8)13(18)19;/h1-4,10,14H,5-7H2,(H,18,19)(H,15,16,17);1H/t10-;/m0./s1. The van der Waals surface area contributed by atoms with Gasteiger partial charge in [-0.25, -0.2) is 4.79 Å². The van der Waals surface area contributed by atoms with Crippen molar-refractivity contribution in [2.24, 2.45) is 0 Å². The van der Waals surface area contributed by atoms with Crippen molar-refractivity contribution >= 4 is 34.8 Å². The van der Waals surface area contributed by atoms with Gasteiger partial charge in [0, 0.05) is 13.0 Å². The summed E-state index contributed by atoms with van der Waals surface area (Å²) in [4.78, 5) is 33.6.